The van der Waals surface area contributed by atoms with E-state index in [9.17, 15) is 19.7 Å². The molecule has 0 aromatic heterocycles. The molecule has 28 heavy (non-hydrogen) atoms. The molecule has 0 heterocycles. The highest BCUT2D eigenvalue weighted by molar-refractivity contribution is 5.29. The van der Waals surface area contributed by atoms with E-state index >= 15 is 0 Å². The molecular weight excluding hydrogens is 359 g/mol. The summed E-state index contributed by atoms with van der Waals surface area (Å²) < 4.78 is 18.9. The van der Waals surface area contributed by atoms with Gasteiger partial charge in [0.15, 0.2) is 11.6 Å². The van der Waals surface area contributed by atoms with Crippen LogP contribution in [0.3, 0.4) is 0 Å². The molecule has 0 aliphatic rings. The molecule has 0 amide bonds. The molecule has 150 valence electrons. The topological polar surface area (TPSA) is 69.9 Å². The van der Waals surface area contributed by atoms with Crippen molar-refractivity contribution >= 4 is 0 Å². The molecule has 5 heteroatoms. The molecule has 0 saturated carbocycles. The number of rotatable bonds is 10. The number of phenolic OH excluding ortho intramolecular Hbond substituents is 1. The molecular formula is C23H27FO4. The van der Waals surface area contributed by atoms with Crippen molar-refractivity contribution in [2.24, 2.45) is 0 Å². The summed E-state index contributed by atoms with van der Waals surface area (Å²) in [5.74, 6) is -1.20. The van der Waals surface area contributed by atoms with Crippen molar-refractivity contribution in [3.8, 4) is 5.75 Å². The summed E-state index contributed by atoms with van der Waals surface area (Å²) in [6, 6.07) is 13.6. The lowest BCUT2D eigenvalue weighted by Crippen LogP contribution is -2.15. The molecule has 2 rings (SSSR count). The minimum absolute atomic E-state index is 0.232. The number of phenols is 1. The Kier molecular flexibility index (Phi) is 8.92. The lowest BCUT2D eigenvalue weighted by molar-refractivity contribution is 0.0286. The third-order valence-corrected chi connectivity index (χ3v) is 4.33. The molecule has 2 aromatic rings. The predicted octanol–water partition coefficient (Wildman–Crippen LogP) is 4.41. The van der Waals surface area contributed by atoms with E-state index in [1.165, 1.54) is 12.1 Å². The fourth-order valence-electron chi connectivity index (χ4n) is 2.72. The molecule has 0 aliphatic carbocycles. The van der Waals surface area contributed by atoms with Gasteiger partial charge in [0.25, 0.3) is 0 Å². The zero-order valence-electron chi connectivity index (χ0n) is 16.0. The first kappa shape index (κ1) is 21.9. The summed E-state index contributed by atoms with van der Waals surface area (Å²) in [6.07, 6.45) is 1.58. The average Bonchev–Trinajstić information content (AvgIpc) is 2.70. The first-order chi connectivity index (χ1) is 13.5. The van der Waals surface area contributed by atoms with E-state index in [1.54, 1.807) is 6.08 Å². The van der Waals surface area contributed by atoms with Gasteiger partial charge in [-0.25, -0.2) is 4.39 Å². The SMILES string of the molecule is CCC(=C=CC[C@@H](O)c1ccc(O)c(F)c1)C[C@@H](O)COCc1ccccc1. The van der Waals surface area contributed by atoms with E-state index in [1.807, 2.05) is 37.3 Å². The van der Waals surface area contributed by atoms with Gasteiger partial charge >= 0.3 is 0 Å². The van der Waals surface area contributed by atoms with Crippen LogP contribution in [0.5, 0.6) is 5.75 Å². The van der Waals surface area contributed by atoms with E-state index < -0.39 is 23.8 Å². The summed E-state index contributed by atoms with van der Waals surface area (Å²) >= 11 is 0. The van der Waals surface area contributed by atoms with Gasteiger partial charge in [-0.15, -0.1) is 5.73 Å². The average molecular weight is 386 g/mol. The zero-order valence-corrected chi connectivity index (χ0v) is 16.0. The maximum absolute atomic E-state index is 13.4. The van der Waals surface area contributed by atoms with Gasteiger partial charge in [-0.2, -0.15) is 0 Å². The molecule has 0 radical (unpaired) electrons. The lowest BCUT2D eigenvalue weighted by Gasteiger charge is -2.12. The number of aliphatic hydroxyl groups is 2. The molecule has 3 N–H and O–H groups in total. The Labute approximate surface area is 165 Å². The number of aliphatic hydroxyl groups excluding tert-OH is 2. The summed E-state index contributed by atoms with van der Waals surface area (Å²) in [6.45, 7) is 2.66. The fraction of sp³-hybridized carbons (Fsp3) is 0.348. The first-order valence-corrected chi connectivity index (χ1v) is 9.38. The molecule has 2 aromatic carbocycles. The minimum Gasteiger partial charge on any atom is -0.505 e. The molecule has 0 spiro atoms. The lowest BCUT2D eigenvalue weighted by atomic mass is 10.0. The first-order valence-electron chi connectivity index (χ1n) is 9.38. The van der Waals surface area contributed by atoms with Crippen molar-refractivity contribution in [2.45, 2.75) is 45.0 Å². The number of halogens is 1. The Balaban J connectivity index is 1.83. The van der Waals surface area contributed by atoms with Gasteiger partial charge < -0.3 is 20.1 Å². The van der Waals surface area contributed by atoms with Gasteiger partial charge in [-0.1, -0.05) is 43.3 Å². The standard InChI is InChI=1S/C23H27FO4/c1-2-17(13-20(25)16-28-15-18-7-4-3-5-8-18)9-6-10-22(26)19-11-12-23(27)21(24)14-19/h3-8,11-12,14,20,22,25-27H,2,10,13,15-16H2,1H3/t9?,20-,22-/m1/s1. The molecule has 0 fully saturated rings. The van der Waals surface area contributed by atoms with Gasteiger partial charge in [0.1, 0.15) is 0 Å². The van der Waals surface area contributed by atoms with Crippen molar-refractivity contribution in [3.05, 3.63) is 82.9 Å². The fourth-order valence-corrected chi connectivity index (χ4v) is 2.72. The molecule has 0 saturated heterocycles. The van der Waals surface area contributed by atoms with Gasteiger partial charge in [0.2, 0.25) is 0 Å². The third-order valence-electron chi connectivity index (χ3n) is 4.33. The Bertz CT molecular complexity index is 798. The molecule has 2 atom stereocenters. The summed E-state index contributed by atoms with van der Waals surface area (Å²) in [7, 11) is 0. The maximum Gasteiger partial charge on any atom is 0.165 e. The van der Waals surface area contributed by atoms with E-state index in [2.05, 4.69) is 5.73 Å². The van der Waals surface area contributed by atoms with Crippen molar-refractivity contribution in [1.82, 2.24) is 0 Å². The Morgan fingerprint density at radius 3 is 2.61 bits per heavy atom. The zero-order chi connectivity index (χ0) is 20.4. The van der Waals surface area contributed by atoms with Crippen LogP contribution in [0.1, 0.15) is 43.4 Å². The van der Waals surface area contributed by atoms with Crippen LogP contribution in [0.15, 0.2) is 65.9 Å². The summed E-state index contributed by atoms with van der Waals surface area (Å²) in [5.41, 5.74) is 5.47. The minimum atomic E-state index is -0.889. The second-order valence-corrected chi connectivity index (χ2v) is 6.63. The van der Waals surface area contributed by atoms with Crippen LogP contribution in [0.2, 0.25) is 0 Å². The van der Waals surface area contributed by atoms with Crippen LogP contribution in [0, 0.1) is 5.82 Å². The van der Waals surface area contributed by atoms with E-state index in [4.69, 9.17) is 4.74 Å². The molecule has 0 bridgehead atoms. The third kappa shape index (κ3) is 7.29. The van der Waals surface area contributed by atoms with Crippen LogP contribution in [-0.4, -0.2) is 28.0 Å². The van der Waals surface area contributed by atoms with Crippen molar-refractivity contribution in [3.63, 3.8) is 0 Å². The number of benzene rings is 2. The highest BCUT2D eigenvalue weighted by Crippen LogP contribution is 2.23. The van der Waals surface area contributed by atoms with E-state index in [0.29, 0.717) is 18.6 Å². The van der Waals surface area contributed by atoms with Crippen molar-refractivity contribution < 1.29 is 24.4 Å². The predicted molar refractivity (Wildman–Crippen MR) is 106 cm³/mol. The molecule has 0 unspecified atom stereocenters. The van der Waals surface area contributed by atoms with Gasteiger partial charge in [-0.3, -0.25) is 0 Å². The van der Waals surface area contributed by atoms with Crippen LogP contribution in [0.4, 0.5) is 4.39 Å². The second-order valence-electron chi connectivity index (χ2n) is 6.63. The van der Waals surface area contributed by atoms with Crippen LogP contribution >= 0.6 is 0 Å². The summed E-state index contributed by atoms with van der Waals surface area (Å²) in [4.78, 5) is 0. The van der Waals surface area contributed by atoms with Crippen LogP contribution < -0.4 is 0 Å². The largest absolute Gasteiger partial charge is 0.505 e. The Morgan fingerprint density at radius 2 is 1.93 bits per heavy atom. The van der Waals surface area contributed by atoms with Gasteiger partial charge in [0.05, 0.1) is 25.4 Å². The Hall–Kier alpha value is -2.43. The normalized spacial score (nSPS) is 12.9. The van der Waals surface area contributed by atoms with Crippen molar-refractivity contribution in [2.75, 3.05) is 6.61 Å². The quantitative estimate of drug-likeness (QED) is 0.529. The smallest absolute Gasteiger partial charge is 0.165 e. The van der Waals surface area contributed by atoms with Crippen molar-refractivity contribution in [1.29, 1.82) is 0 Å². The number of aromatic hydroxyl groups is 1. The second kappa shape index (κ2) is 11.4. The molecule has 4 nitrogen and oxygen atoms in total. The Morgan fingerprint density at radius 1 is 1.18 bits per heavy atom. The number of ether oxygens (including phenoxy) is 1. The number of hydrogen-bond acceptors (Lipinski definition) is 4. The van der Waals surface area contributed by atoms with E-state index in [0.717, 1.165) is 23.6 Å². The van der Waals surface area contributed by atoms with Crippen LogP contribution in [-0.2, 0) is 11.3 Å². The van der Waals surface area contributed by atoms with Gasteiger partial charge in [0, 0.05) is 12.8 Å². The van der Waals surface area contributed by atoms with Crippen LogP contribution in [0.25, 0.3) is 0 Å². The summed E-state index contributed by atoms with van der Waals surface area (Å²) in [5, 5.41) is 29.5. The van der Waals surface area contributed by atoms with Gasteiger partial charge in [-0.05, 0) is 41.3 Å². The molecule has 0 aliphatic heterocycles. The highest BCUT2D eigenvalue weighted by Gasteiger charge is 2.10. The maximum atomic E-state index is 13.4. The highest BCUT2D eigenvalue weighted by atomic mass is 19.1. The van der Waals surface area contributed by atoms with E-state index in [-0.39, 0.29) is 13.0 Å². The monoisotopic (exact) mass is 386 g/mol. The number of hydrogen-bond donors (Lipinski definition) is 3.